The average Bonchev–Trinajstić information content (AvgIpc) is 3.01. The molecule has 1 aromatic heterocycles. The first-order chi connectivity index (χ1) is 11.5. The van der Waals surface area contributed by atoms with E-state index in [1.807, 2.05) is 37.2 Å². The zero-order valence-electron chi connectivity index (χ0n) is 14.2. The third-order valence-electron chi connectivity index (χ3n) is 4.67. The summed E-state index contributed by atoms with van der Waals surface area (Å²) in [5.74, 6) is 0.0522. The van der Waals surface area contributed by atoms with Gasteiger partial charge in [-0.2, -0.15) is 5.10 Å². The maximum Gasteiger partial charge on any atom is 0.257 e. The number of carbonyl (C=O) groups excluding carboxylic acids is 1. The smallest absolute Gasteiger partial charge is 0.257 e. The number of carbonyl (C=O) groups is 1. The maximum absolute atomic E-state index is 12.5. The highest BCUT2D eigenvalue weighted by atomic mass is 35.5. The highest BCUT2D eigenvalue weighted by Crippen LogP contribution is 2.20. The third kappa shape index (κ3) is 3.97. The summed E-state index contributed by atoms with van der Waals surface area (Å²) in [6.45, 7) is 2.89. The number of benzene rings is 1. The molecule has 128 valence electrons. The molecule has 1 fully saturated rings. The largest absolute Gasteiger partial charge is 0.339 e. The summed E-state index contributed by atoms with van der Waals surface area (Å²) in [5, 5.41) is 4.86. The van der Waals surface area contributed by atoms with E-state index in [1.165, 1.54) is 5.56 Å². The number of hydrogen-bond acceptors (Lipinski definition) is 3. The summed E-state index contributed by atoms with van der Waals surface area (Å²) in [7, 11) is 3.72. The van der Waals surface area contributed by atoms with Crippen LogP contribution in [0.1, 0.15) is 28.8 Å². The molecular formula is C18H23ClN4O. The maximum atomic E-state index is 12.5. The molecule has 3 rings (SSSR count). The third-order valence-corrected chi connectivity index (χ3v) is 4.91. The fraction of sp³-hybridized carbons (Fsp3) is 0.444. The van der Waals surface area contributed by atoms with Crippen LogP contribution in [-0.2, 0) is 13.6 Å². The van der Waals surface area contributed by atoms with Crippen LogP contribution in [0.3, 0.4) is 0 Å². The Bertz CT molecular complexity index is 707. The van der Waals surface area contributed by atoms with Crippen molar-refractivity contribution < 1.29 is 4.79 Å². The Morgan fingerprint density at radius 1 is 1.38 bits per heavy atom. The summed E-state index contributed by atoms with van der Waals surface area (Å²) in [6, 6.07) is 8.30. The predicted octanol–water partition coefficient (Wildman–Crippen LogP) is 2.81. The molecule has 0 atom stereocenters. The molecule has 0 radical (unpaired) electrons. The lowest BCUT2D eigenvalue weighted by Gasteiger charge is -2.36. The first-order valence-corrected chi connectivity index (χ1v) is 8.63. The Hall–Kier alpha value is -1.85. The van der Waals surface area contributed by atoms with E-state index in [0.717, 1.165) is 37.5 Å². The normalized spacial score (nSPS) is 16.3. The number of halogens is 1. The van der Waals surface area contributed by atoms with Crippen LogP contribution in [0.25, 0.3) is 0 Å². The lowest BCUT2D eigenvalue weighted by Crippen LogP contribution is -2.45. The van der Waals surface area contributed by atoms with Gasteiger partial charge < -0.3 is 4.90 Å². The first kappa shape index (κ1) is 17.0. The predicted molar refractivity (Wildman–Crippen MR) is 95.1 cm³/mol. The van der Waals surface area contributed by atoms with Gasteiger partial charge in [0.2, 0.25) is 0 Å². The Labute approximate surface area is 147 Å². The van der Waals surface area contributed by atoms with Crippen LogP contribution in [0.15, 0.2) is 36.7 Å². The topological polar surface area (TPSA) is 41.4 Å². The summed E-state index contributed by atoms with van der Waals surface area (Å²) in [6.07, 6.45) is 5.38. The SMILES string of the molecule is CN(C(=O)c1cnn(C)c1)C1CCN(Cc2cccc(Cl)c2)CC1. The van der Waals surface area contributed by atoms with Gasteiger partial charge in [0.05, 0.1) is 11.8 Å². The molecule has 24 heavy (non-hydrogen) atoms. The van der Waals surface area contributed by atoms with Crippen molar-refractivity contribution in [3.8, 4) is 0 Å². The molecule has 1 amide bonds. The van der Waals surface area contributed by atoms with E-state index in [0.29, 0.717) is 5.56 Å². The molecule has 5 nitrogen and oxygen atoms in total. The van der Waals surface area contributed by atoms with Crippen molar-refractivity contribution in [2.45, 2.75) is 25.4 Å². The van der Waals surface area contributed by atoms with Crippen molar-refractivity contribution in [1.29, 1.82) is 0 Å². The van der Waals surface area contributed by atoms with Crippen LogP contribution in [0.5, 0.6) is 0 Å². The van der Waals surface area contributed by atoms with Crippen LogP contribution >= 0.6 is 11.6 Å². The lowest BCUT2D eigenvalue weighted by molar-refractivity contribution is 0.0636. The Balaban J connectivity index is 1.53. The monoisotopic (exact) mass is 346 g/mol. The van der Waals surface area contributed by atoms with Gasteiger partial charge in [0.15, 0.2) is 0 Å². The molecule has 0 spiro atoms. The zero-order chi connectivity index (χ0) is 17.1. The number of nitrogens with zero attached hydrogens (tertiary/aromatic N) is 4. The molecule has 2 aromatic rings. The summed E-state index contributed by atoms with van der Waals surface area (Å²) in [5.41, 5.74) is 1.89. The van der Waals surface area contributed by atoms with E-state index >= 15 is 0 Å². The highest BCUT2D eigenvalue weighted by Gasteiger charge is 2.26. The number of piperidine rings is 1. The molecule has 0 N–H and O–H groups in total. The molecule has 0 aliphatic carbocycles. The number of aromatic nitrogens is 2. The minimum atomic E-state index is 0.0522. The molecule has 6 heteroatoms. The van der Waals surface area contributed by atoms with Gasteiger partial charge >= 0.3 is 0 Å². The molecule has 1 aliphatic rings. The van der Waals surface area contributed by atoms with E-state index in [9.17, 15) is 4.79 Å². The highest BCUT2D eigenvalue weighted by molar-refractivity contribution is 6.30. The average molecular weight is 347 g/mol. The summed E-state index contributed by atoms with van der Waals surface area (Å²) < 4.78 is 1.66. The zero-order valence-corrected chi connectivity index (χ0v) is 14.9. The van der Waals surface area contributed by atoms with Crippen LogP contribution in [0.4, 0.5) is 0 Å². The van der Waals surface area contributed by atoms with E-state index in [4.69, 9.17) is 11.6 Å². The number of aryl methyl sites for hydroxylation is 1. The second kappa shape index (κ2) is 7.36. The van der Waals surface area contributed by atoms with Crippen LogP contribution in [0.2, 0.25) is 5.02 Å². The molecule has 1 saturated heterocycles. The van der Waals surface area contributed by atoms with Gasteiger partial charge in [-0.05, 0) is 30.5 Å². The minimum Gasteiger partial charge on any atom is -0.339 e. The second-order valence-corrected chi connectivity index (χ2v) is 6.89. The molecule has 1 aromatic carbocycles. The van der Waals surface area contributed by atoms with Gasteiger partial charge in [-0.1, -0.05) is 23.7 Å². The van der Waals surface area contributed by atoms with Gasteiger partial charge in [-0.25, -0.2) is 0 Å². The number of amides is 1. The molecule has 1 aliphatic heterocycles. The van der Waals surface area contributed by atoms with Crippen LogP contribution in [-0.4, -0.2) is 51.7 Å². The van der Waals surface area contributed by atoms with Crippen molar-refractivity contribution in [2.24, 2.45) is 7.05 Å². The van der Waals surface area contributed by atoms with Gasteiger partial charge in [-0.15, -0.1) is 0 Å². The van der Waals surface area contributed by atoms with Gasteiger partial charge in [0, 0.05) is 51.0 Å². The van der Waals surface area contributed by atoms with Crippen molar-refractivity contribution in [3.63, 3.8) is 0 Å². The van der Waals surface area contributed by atoms with E-state index in [1.54, 1.807) is 17.1 Å². The minimum absolute atomic E-state index is 0.0522. The van der Waals surface area contributed by atoms with Gasteiger partial charge in [0.25, 0.3) is 5.91 Å². The van der Waals surface area contributed by atoms with Gasteiger partial charge in [-0.3, -0.25) is 14.4 Å². The Morgan fingerprint density at radius 2 is 2.12 bits per heavy atom. The van der Waals surface area contributed by atoms with Crippen LogP contribution < -0.4 is 0 Å². The summed E-state index contributed by atoms with van der Waals surface area (Å²) in [4.78, 5) is 16.8. The molecule has 0 saturated carbocycles. The fourth-order valence-electron chi connectivity index (χ4n) is 3.26. The molecular weight excluding hydrogens is 324 g/mol. The second-order valence-electron chi connectivity index (χ2n) is 6.46. The molecule has 0 unspecified atom stereocenters. The Morgan fingerprint density at radius 3 is 2.75 bits per heavy atom. The summed E-state index contributed by atoms with van der Waals surface area (Å²) >= 11 is 6.05. The number of hydrogen-bond donors (Lipinski definition) is 0. The molecule has 0 bridgehead atoms. The van der Waals surface area contributed by atoms with Crippen molar-refractivity contribution >= 4 is 17.5 Å². The Kier molecular flexibility index (Phi) is 5.21. The van der Waals surface area contributed by atoms with Crippen molar-refractivity contribution in [2.75, 3.05) is 20.1 Å². The van der Waals surface area contributed by atoms with E-state index < -0.39 is 0 Å². The number of rotatable bonds is 4. The quantitative estimate of drug-likeness (QED) is 0.854. The van der Waals surface area contributed by atoms with E-state index in [2.05, 4.69) is 16.1 Å². The van der Waals surface area contributed by atoms with Crippen molar-refractivity contribution in [1.82, 2.24) is 19.6 Å². The van der Waals surface area contributed by atoms with E-state index in [-0.39, 0.29) is 11.9 Å². The lowest BCUT2D eigenvalue weighted by atomic mass is 10.0. The van der Waals surface area contributed by atoms with Crippen LogP contribution in [0, 0.1) is 0 Å². The standard InChI is InChI=1S/C18H23ClN4O/c1-21-13-15(11-20-21)18(24)22(2)17-6-8-23(9-7-17)12-14-4-3-5-16(19)10-14/h3-5,10-11,13,17H,6-9,12H2,1-2H3. The van der Waals surface area contributed by atoms with Crippen molar-refractivity contribution in [3.05, 3.63) is 52.8 Å². The number of likely N-dealkylation sites (tertiary alicyclic amines) is 1. The first-order valence-electron chi connectivity index (χ1n) is 8.25. The molecule has 2 heterocycles. The fourth-order valence-corrected chi connectivity index (χ4v) is 3.47. The van der Waals surface area contributed by atoms with Gasteiger partial charge in [0.1, 0.15) is 0 Å².